The monoisotopic (exact) mass is 194 g/mol. The fraction of sp³-hybridized carbons (Fsp3) is 0.286. The summed E-state index contributed by atoms with van der Waals surface area (Å²) >= 11 is 0. The maximum absolute atomic E-state index is 5.52. The Kier molecular flexibility index (Phi) is 2.25. The van der Waals surface area contributed by atoms with E-state index in [0.29, 0.717) is 12.4 Å². The highest BCUT2D eigenvalue weighted by Crippen LogP contribution is 2.27. The second kappa shape index (κ2) is 3.56. The molecule has 1 aliphatic heterocycles. The molecule has 1 aromatic heterocycles. The van der Waals surface area contributed by atoms with E-state index >= 15 is 0 Å². The number of anilines is 1. The van der Waals surface area contributed by atoms with E-state index in [-0.39, 0.29) is 6.10 Å². The molecule has 1 aromatic rings. The second-order valence-electron chi connectivity index (χ2n) is 2.81. The van der Waals surface area contributed by atoms with Crippen LogP contribution in [0.5, 0.6) is 0 Å². The summed E-state index contributed by atoms with van der Waals surface area (Å²) in [4.78, 5) is 0. The fourth-order valence-electron chi connectivity index (χ4n) is 0.995. The van der Waals surface area contributed by atoms with Gasteiger partial charge in [-0.05, 0) is 12.1 Å². The Labute approximate surface area is 80.3 Å². The largest absolute Gasteiger partial charge is 0.366 e. The molecule has 14 heavy (non-hydrogen) atoms. The first kappa shape index (κ1) is 8.85. The van der Waals surface area contributed by atoms with Crippen LogP contribution in [-0.2, 0) is 4.74 Å². The fourth-order valence-corrected chi connectivity index (χ4v) is 0.995. The van der Waals surface area contributed by atoms with Crippen LogP contribution in [0.1, 0.15) is 11.8 Å². The molecule has 0 spiro atoms. The van der Waals surface area contributed by atoms with Gasteiger partial charge in [-0.25, -0.2) is 10.9 Å². The number of hydrazine groups is 1. The maximum Gasteiger partial charge on any atom is 0.170 e. The lowest BCUT2D eigenvalue weighted by Crippen LogP contribution is -2.30. The highest BCUT2D eigenvalue weighted by Gasteiger charge is 2.26. The Morgan fingerprint density at radius 2 is 2.36 bits per heavy atom. The van der Waals surface area contributed by atoms with E-state index < -0.39 is 0 Å². The van der Waals surface area contributed by atoms with Gasteiger partial charge in [-0.3, -0.25) is 0 Å². The zero-order chi connectivity index (χ0) is 9.97. The van der Waals surface area contributed by atoms with Gasteiger partial charge in [0.15, 0.2) is 5.82 Å². The SMILES string of the molecule is N/N=C\N(N)c1ccc([C@H]2CO2)nn1. The number of hydrazone groups is 1. The third-order valence-corrected chi connectivity index (χ3v) is 1.79. The van der Waals surface area contributed by atoms with Crippen LogP contribution in [0.3, 0.4) is 0 Å². The minimum atomic E-state index is 0.103. The number of hydrogen-bond acceptors (Lipinski definition) is 6. The molecule has 1 aliphatic rings. The van der Waals surface area contributed by atoms with Crippen molar-refractivity contribution >= 4 is 12.2 Å². The molecule has 0 unspecified atom stereocenters. The Balaban J connectivity index is 2.12. The van der Waals surface area contributed by atoms with E-state index in [2.05, 4.69) is 15.3 Å². The summed E-state index contributed by atoms with van der Waals surface area (Å²) in [5.41, 5.74) is 0.812. The van der Waals surface area contributed by atoms with Crippen molar-refractivity contribution in [1.29, 1.82) is 0 Å². The minimum absolute atomic E-state index is 0.103. The minimum Gasteiger partial charge on any atom is -0.366 e. The standard InChI is InChI=1S/C7H10N6O/c8-10-4-13(9)7-2-1-5(11-12-7)6-3-14-6/h1-2,4,6H,3,8-9H2/b10-4-/t6-/m1/s1. The van der Waals surface area contributed by atoms with Crippen molar-refractivity contribution in [2.45, 2.75) is 6.10 Å². The zero-order valence-electron chi connectivity index (χ0n) is 7.37. The Hall–Kier alpha value is -1.73. The predicted molar refractivity (Wildman–Crippen MR) is 50.1 cm³/mol. The van der Waals surface area contributed by atoms with Crippen molar-refractivity contribution in [3.05, 3.63) is 17.8 Å². The average molecular weight is 194 g/mol. The Morgan fingerprint density at radius 1 is 1.57 bits per heavy atom. The van der Waals surface area contributed by atoms with E-state index in [0.717, 1.165) is 5.69 Å². The smallest absolute Gasteiger partial charge is 0.170 e. The molecule has 1 saturated heterocycles. The average Bonchev–Trinajstić information content (AvgIpc) is 3.02. The third kappa shape index (κ3) is 1.78. The van der Waals surface area contributed by atoms with Crippen LogP contribution in [0.2, 0.25) is 0 Å². The van der Waals surface area contributed by atoms with Crippen molar-refractivity contribution < 1.29 is 4.74 Å². The summed E-state index contributed by atoms with van der Waals surface area (Å²) in [6.07, 6.45) is 1.35. The van der Waals surface area contributed by atoms with Gasteiger partial charge < -0.3 is 10.6 Å². The molecule has 0 aromatic carbocycles. The zero-order valence-corrected chi connectivity index (χ0v) is 7.37. The molecule has 0 bridgehead atoms. The van der Waals surface area contributed by atoms with Gasteiger partial charge in [0.2, 0.25) is 0 Å². The predicted octanol–water partition coefficient (Wildman–Crippen LogP) is -0.870. The van der Waals surface area contributed by atoms with Gasteiger partial charge in [0, 0.05) is 0 Å². The lowest BCUT2D eigenvalue weighted by molar-refractivity contribution is 0.410. The third-order valence-electron chi connectivity index (χ3n) is 1.79. The number of epoxide rings is 1. The van der Waals surface area contributed by atoms with Gasteiger partial charge in [-0.15, -0.1) is 5.10 Å². The highest BCUT2D eigenvalue weighted by molar-refractivity contribution is 5.74. The summed E-state index contributed by atoms with van der Waals surface area (Å²) in [6, 6.07) is 3.54. The van der Waals surface area contributed by atoms with Gasteiger partial charge in [0.1, 0.15) is 12.4 Å². The molecular formula is C7H10N6O. The molecule has 2 heterocycles. The van der Waals surface area contributed by atoms with Crippen LogP contribution >= 0.6 is 0 Å². The number of nitrogens with zero attached hydrogens (tertiary/aromatic N) is 4. The highest BCUT2D eigenvalue weighted by atomic mass is 16.6. The van der Waals surface area contributed by atoms with Crippen LogP contribution in [0, 0.1) is 0 Å². The van der Waals surface area contributed by atoms with Crippen LogP contribution in [0.4, 0.5) is 5.82 Å². The normalized spacial score (nSPS) is 19.9. The van der Waals surface area contributed by atoms with Crippen molar-refractivity contribution in [3.8, 4) is 0 Å². The molecule has 2 rings (SSSR count). The number of nitrogens with two attached hydrogens (primary N) is 2. The summed E-state index contributed by atoms with van der Waals surface area (Å²) in [6.45, 7) is 0.713. The van der Waals surface area contributed by atoms with Gasteiger partial charge in [-0.2, -0.15) is 10.2 Å². The second-order valence-corrected chi connectivity index (χ2v) is 2.81. The molecule has 1 fully saturated rings. The van der Waals surface area contributed by atoms with Crippen molar-refractivity contribution in [2.24, 2.45) is 16.8 Å². The van der Waals surface area contributed by atoms with Gasteiger partial charge >= 0.3 is 0 Å². The number of rotatable bonds is 3. The molecule has 1 atom stereocenters. The molecule has 0 saturated carbocycles. The molecule has 0 radical (unpaired) electrons. The Bertz CT molecular complexity index is 333. The van der Waals surface area contributed by atoms with Gasteiger partial charge in [-0.1, -0.05) is 0 Å². The first-order valence-corrected chi connectivity index (χ1v) is 4.04. The van der Waals surface area contributed by atoms with Crippen molar-refractivity contribution in [1.82, 2.24) is 10.2 Å². The summed E-state index contributed by atoms with van der Waals surface area (Å²) < 4.78 is 5.05. The molecule has 0 aliphatic carbocycles. The maximum atomic E-state index is 5.52. The first-order valence-electron chi connectivity index (χ1n) is 4.04. The summed E-state index contributed by atoms with van der Waals surface area (Å²) in [7, 11) is 0. The molecule has 7 nitrogen and oxygen atoms in total. The van der Waals surface area contributed by atoms with E-state index in [9.17, 15) is 0 Å². The Morgan fingerprint density at radius 3 is 2.86 bits per heavy atom. The van der Waals surface area contributed by atoms with E-state index in [1.807, 2.05) is 6.07 Å². The summed E-state index contributed by atoms with van der Waals surface area (Å²) in [5.74, 6) is 10.9. The van der Waals surface area contributed by atoms with Crippen LogP contribution in [0.15, 0.2) is 17.2 Å². The first-order chi connectivity index (χ1) is 6.81. The number of aromatic nitrogens is 2. The van der Waals surface area contributed by atoms with Gasteiger partial charge in [0.05, 0.1) is 12.3 Å². The van der Waals surface area contributed by atoms with Crippen molar-refractivity contribution in [3.63, 3.8) is 0 Å². The lowest BCUT2D eigenvalue weighted by atomic mass is 10.3. The molecular weight excluding hydrogens is 184 g/mol. The topological polar surface area (TPSA) is 106 Å². The number of hydrogen-bond donors (Lipinski definition) is 2. The molecule has 0 amide bonds. The van der Waals surface area contributed by atoms with E-state index in [4.69, 9.17) is 16.4 Å². The number of ether oxygens (including phenoxy) is 1. The van der Waals surface area contributed by atoms with Crippen LogP contribution in [0.25, 0.3) is 0 Å². The van der Waals surface area contributed by atoms with Crippen LogP contribution in [-0.4, -0.2) is 23.1 Å². The molecule has 74 valence electrons. The molecule has 4 N–H and O–H groups in total. The quantitative estimate of drug-likeness (QED) is 0.213. The van der Waals surface area contributed by atoms with Crippen molar-refractivity contribution in [2.75, 3.05) is 11.6 Å². The van der Waals surface area contributed by atoms with E-state index in [1.165, 1.54) is 11.3 Å². The lowest BCUT2D eigenvalue weighted by Gasteiger charge is -2.09. The molecule has 7 heteroatoms. The van der Waals surface area contributed by atoms with E-state index in [1.54, 1.807) is 6.07 Å². The van der Waals surface area contributed by atoms with Gasteiger partial charge in [0.25, 0.3) is 0 Å². The van der Waals surface area contributed by atoms with Crippen LogP contribution < -0.4 is 16.7 Å². The summed E-state index contributed by atoms with van der Waals surface area (Å²) in [5, 5.41) is 12.3.